The number of aromatic nitrogens is 1. The summed E-state index contributed by atoms with van der Waals surface area (Å²) in [5.74, 6) is -0.146. The molecule has 0 fully saturated rings. The second-order valence-electron chi connectivity index (χ2n) is 8.01. The van der Waals surface area contributed by atoms with Crippen LogP contribution in [-0.4, -0.2) is 16.7 Å². The maximum absolute atomic E-state index is 12.6. The number of nitrogens with zero attached hydrogens (tertiary/aromatic N) is 2. The lowest BCUT2D eigenvalue weighted by Crippen LogP contribution is -2.16. The van der Waals surface area contributed by atoms with Crippen molar-refractivity contribution in [2.24, 2.45) is 5.10 Å². The van der Waals surface area contributed by atoms with Crippen LogP contribution >= 0.6 is 0 Å². The van der Waals surface area contributed by atoms with Crippen LogP contribution in [0, 0.1) is 20.8 Å². The van der Waals surface area contributed by atoms with Gasteiger partial charge in [0, 0.05) is 28.0 Å². The van der Waals surface area contributed by atoms with Crippen LogP contribution < -0.4 is 5.43 Å². The molecule has 0 saturated carbocycles. The molecule has 0 aliphatic heterocycles. The van der Waals surface area contributed by atoms with Crippen LogP contribution in [-0.2, 0) is 0 Å². The van der Waals surface area contributed by atoms with Crippen LogP contribution in [0.1, 0.15) is 33.1 Å². The summed E-state index contributed by atoms with van der Waals surface area (Å²) in [4.78, 5) is 12.6. The molecule has 5 rings (SSSR count). The number of nitrogens with one attached hydrogen (secondary N) is 1. The van der Waals surface area contributed by atoms with Gasteiger partial charge in [0.1, 0.15) is 5.58 Å². The first kappa shape index (κ1) is 19.8. The summed E-state index contributed by atoms with van der Waals surface area (Å²) >= 11 is 0. The zero-order chi connectivity index (χ0) is 22.2. The van der Waals surface area contributed by atoms with Crippen LogP contribution in [0.15, 0.2) is 82.3 Å². The van der Waals surface area contributed by atoms with E-state index in [0.29, 0.717) is 5.58 Å². The van der Waals surface area contributed by atoms with Crippen molar-refractivity contribution < 1.29 is 9.21 Å². The smallest absolute Gasteiger partial charge is 0.307 e. The Morgan fingerprint density at radius 2 is 1.78 bits per heavy atom. The highest BCUT2D eigenvalue weighted by Crippen LogP contribution is 2.28. The summed E-state index contributed by atoms with van der Waals surface area (Å²) in [6, 6.07) is 24.1. The van der Waals surface area contributed by atoms with E-state index in [-0.39, 0.29) is 11.7 Å². The quantitative estimate of drug-likeness (QED) is 0.283. The largest absolute Gasteiger partial charge is 0.451 e. The molecular weight excluding hydrogens is 398 g/mol. The van der Waals surface area contributed by atoms with Gasteiger partial charge in [0.2, 0.25) is 0 Å². The van der Waals surface area contributed by atoms with E-state index in [1.165, 1.54) is 5.56 Å². The molecule has 158 valence electrons. The van der Waals surface area contributed by atoms with E-state index in [9.17, 15) is 4.79 Å². The third-order valence-electron chi connectivity index (χ3n) is 5.75. The van der Waals surface area contributed by atoms with Crippen molar-refractivity contribution in [1.82, 2.24) is 9.99 Å². The first-order valence-electron chi connectivity index (χ1n) is 10.5. The predicted molar refractivity (Wildman–Crippen MR) is 129 cm³/mol. The minimum atomic E-state index is -0.381. The van der Waals surface area contributed by atoms with Gasteiger partial charge in [-0.1, -0.05) is 42.5 Å². The fraction of sp³-hybridized carbons (Fsp3) is 0.111. The van der Waals surface area contributed by atoms with Crippen molar-refractivity contribution in [1.29, 1.82) is 0 Å². The van der Waals surface area contributed by atoms with E-state index in [1.54, 1.807) is 12.3 Å². The Morgan fingerprint density at radius 3 is 2.62 bits per heavy atom. The zero-order valence-corrected chi connectivity index (χ0v) is 18.2. The Kier molecular flexibility index (Phi) is 4.86. The van der Waals surface area contributed by atoms with Crippen molar-refractivity contribution in [3.63, 3.8) is 0 Å². The van der Waals surface area contributed by atoms with Gasteiger partial charge >= 0.3 is 5.91 Å². The Labute approximate surface area is 186 Å². The Morgan fingerprint density at radius 1 is 0.938 bits per heavy atom. The maximum Gasteiger partial charge on any atom is 0.307 e. The van der Waals surface area contributed by atoms with E-state index in [2.05, 4.69) is 53.2 Å². The molecule has 0 saturated heterocycles. The molecule has 1 N–H and O–H groups in total. The Hall–Kier alpha value is -4.12. The lowest BCUT2D eigenvalue weighted by molar-refractivity contribution is 0.0929. The summed E-state index contributed by atoms with van der Waals surface area (Å²) in [7, 11) is 0. The van der Waals surface area contributed by atoms with Crippen LogP contribution in [0.5, 0.6) is 0 Å². The van der Waals surface area contributed by atoms with Gasteiger partial charge in [0.15, 0.2) is 5.76 Å². The second kappa shape index (κ2) is 7.85. The predicted octanol–water partition coefficient (Wildman–Crippen LogP) is 6.07. The standard InChI is InChI=1S/C27H23N3O2/c1-17-7-6-9-22(13-17)30-18(2)14-21(19(30)3)16-28-29-27(31)26-15-24-23-10-5-4-8-20(23)11-12-25(24)32-26/h4-16H,1-3H3,(H,29,31). The third kappa shape index (κ3) is 3.48. The SMILES string of the molecule is Cc1cccc(-n2c(C)cc(C=NNC(=O)c3cc4c(ccc5ccccc54)o3)c2C)c1. The first-order valence-corrected chi connectivity index (χ1v) is 10.5. The number of hydrogen-bond donors (Lipinski definition) is 1. The number of carbonyl (C=O) groups is 1. The molecule has 0 radical (unpaired) electrons. The highest BCUT2D eigenvalue weighted by Gasteiger charge is 2.14. The lowest BCUT2D eigenvalue weighted by atomic mass is 10.1. The number of fused-ring (bicyclic) bond motifs is 3. The van der Waals surface area contributed by atoms with Crippen LogP contribution in [0.4, 0.5) is 0 Å². The van der Waals surface area contributed by atoms with Crippen molar-refractivity contribution in [2.75, 3.05) is 0 Å². The molecule has 5 heteroatoms. The van der Waals surface area contributed by atoms with E-state index in [0.717, 1.165) is 38.8 Å². The summed E-state index contributed by atoms with van der Waals surface area (Å²) in [5, 5.41) is 7.26. The summed E-state index contributed by atoms with van der Waals surface area (Å²) in [5.41, 5.74) is 8.69. The van der Waals surface area contributed by atoms with Crippen LogP contribution in [0.3, 0.4) is 0 Å². The molecule has 2 heterocycles. The second-order valence-corrected chi connectivity index (χ2v) is 8.01. The highest BCUT2D eigenvalue weighted by molar-refractivity contribution is 6.08. The van der Waals surface area contributed by atoms with Crippen molar-refractivity contribution in [2.45, 2.75) is 20.8 Å². The van der Waals surface area contributed by atoms with Crippen LogP contribution in [0.2, 0.25) is 0 Å². The number of amides is 1. The minimum absolute atomic E-state index is 0.235. The fourth-order valence-electron chi connectivity index (χ4n) is 4.20. The molecule has 0 aliphatic carbocycles. The van der Waals surface area contributed by atoms with Gasteiger partial charge in [0.25, 0.3) is 0 Å². The first-order chi connectivity index (χ1) is 15.5. The molecular formula is C27H23N3O2. The molecule has 2 aromatic heterocycles. The van der Waals surface area contributed by atoms with E-state index in [1.807, 2.05) is 49.4 Å². The normalized spacial score (nSPS) is 11.6. The van der Waals surface area contributed by atoms with Crippen molar-refractivity contribution in [3.8, 4) is 5.69 Å². The molecule has 32 heavy (non-hydrogen) atoms. The maximum atomic E-state index is 12.6. The fourth-order valence-corrected chi connectivity index (χ4v) is 4.20. The average Bonchev–Trinajstić information content (AvgIpc) is 3.35. The number of aryl methyl sites for hydroxylation is 2. The topological polar surface area (TPSA) is 59.5 Å². The van der Waals surface area contributed by atoms with Gasteiger partial charge in [-0.3, -0.25) is 4.79 Å². The number of benzene rings is 3. The number of carbonyl (C=O) groups excluding carboxylic acids is 1. The summed E-state index contributed by atoms with van der Waals surface area (Å²) in [6.45, 7) is 6.18. The molecule has 5 aromatic rings. The Balaban J connectivity index is 1.38. The molecule has 5 nitrogen and oxygen atoms in total. The van der Waals surface area contributed by atoms with Crippen molar-refractivity contribution >= 4 is 33.9 Å². The van der Waals surface area contributed by atoms with Crippen LogP contribution in [0.25, 0.3) is 27.4 Å². The van der Waals surface area contributed by atoms with Gasteiger partial charge in [-0.05, 0) is 67.4 Å². The van der Waals surface area contributed by atoms with E-state index in [4.69, 9.17) is 4.42 Å². The molecule has 0 spiro atoms. The van der Waals surface area contributed by atoms with E-state index >= 15 is 0 Å². The summed E-state index contributed by atoms with van der Waals surface area (Å²) < 4.78 is 7.95. The zero-order valence-electron chi connectivity index (χ0n) is 18.2. The molecule has 0 aliphatic rings. The monoisotopic (exact) mass is 421 g/mol. The Bertz CT molecular complexity index is 1500. The van der Waals surface area contributed by atoms with E-state index < -0.39 is 0 Å². The lowest BCUT2D eigenvalue weighted by Gasteiger charge is -2.10. The summed E-state index contributed by atoms with van der Waals surface area (Å²) in [6.07, 6.45) is 1.67. The number of hydrogen-bond acceptors (Lipinski definition) is 3. The number of hydrazone groups is 1. The highest BCUT2D eigenvalue weighted by atomic mass is 16.3. The number of furan rings is 1. The molecule has 0 bridgehead atoms. The molecule has 1 amide bonds. The van der Waals surface area contributed by atoms with Gasteiger partial charge in [-0.2, -0.15) is 5.10 Å². The molecule has 3 aromatic carbocycles. The van der Waals surface area contributed by atoms with Gasteiger partial charge in [0.05, 0.1) is 6.21 Å². The third-order valence-corrected chi connectivity index (χ3v) is 5.75. The van der Waals surface area contributed by atoms with Gasteiger partial charge < -0.3 is 8.98 Å². The number of rotatable bonds is 4. The minimum Gasteiger partial charge on any atom is -0.451 e. The van der Waals surface area contributed by atoms with Gasteiger partial charge in [-0.25, -0.2) is 5.43 Å². The van der Waals surface area contributed by atoms with Crippen molar-refractivity contribution in [3.05, 3.63) is 101 Å². The van der Waals surface area contributed by atoms with Gasteiger partial charge in [-0.15, -0.1) is 0 Å². The molecule has 0 unspecified atom stereocenters. The average molecular weight is 422 g/mol. The molecule has 0 atom stereocenters.